The second kappa shape index (κ2) is 10.9. The van der Waals surface area contributed by atoms with Gasteiger partial charge in [0.25, 0.3) is 0 Å². The number of hydrogen-bond acceptors (Lipinski definition) is 4. The van der Waals surface area contributed by atoms with Crippen molar-refractivity contribution in [2.75, 3.05) is 26.5 Å². The average molecular weight is 477 g/mol. The highest BCUT2D eigenvalue weighted by atomic mass is 32.2. The van der Waals surface area contributed by atoms with Crippen LogP contribution in [0.3, 0.4) is 0 Å². The Morgan fingerprint density at radius 2 is 1.79 bits per heavy atom. The van der Waals surface area contributed by atoms with E-state index in [1.54, 1.807) is 50.3 Å². The van der Waals surface area contributed by atoms with Crippen LogP contribution in [0.25, 0.3) is 28.2 Å². The van der Waals surface area contributed by atoms with Crippen molar-refractivity contribution < 1.29 is 18.7 Å². The number of ether oxygens (including phenoxy) is 2. The van der Waals surface area contributed by atoms with Crippen LogP contribution in [-0.4, -0.2) is 37.4 Å². The van der Waals surface area contributed by atoms with Crippen LogP contribution in [0, 0.1) is 5.82 Å². The van der Waals surface area contributed by atoms with Crippen molar-refractivity contribution in [3.8, 4) is 22.8 Å². The lowest BCUT2D eigenvalue weighted by molar-refractivity contribution is -0.116. The lowest BCUT2D eigenvalue weighted by Crippen LogP contribution is -2.23. The maximum atomic E-state index is 13.4. The van der Waals surface area contributed by atoms with Gasteiger partial charge in [-0.2, -0.15) is 0 Å². The fourth-order valence-electron chi connectivity index (χ4n) is 3.60. The Morgan fingerprint density at radius 1 is 1.03 bits per heavy atom. The molecule has 174 valence electrons. The van der Waals surface area contributed by atoms with E-state index in [1.807, 2.05) is 30.3 Å². The second-order valence-corrected chi connectivity index (χ2v) is 8.57. The number of hydrogen-bond donors (Lipinski definition) is 2. The molecule has 1 aromatic heterocycles. The van der Waals surface area contributed by atoms with E-state index in [9.17, 15) is 9.18 Å². The third kappa shape index (κ3) is 5.43. The first kappa shape index (κ1) is 23.4. The van der Waals surface area contributed by atoms with Crippen molar-refractivity contribution in [3.05, 3.63) is 84.2 Å². The number of para-hydroxylation sites is 1. The Morgan fingerprint density at radius 3 is 2.56 bits per heavy atom. The quantitative estimate of drug-likeness (QED) is 0.179. The number of thioether (sulfide) groups is 1. The normalized spacial score (nSPS) is 11.1. The monoisotopic (exact) mass is 476 g/mol. The van der Waals surface area contributed by atoms with Gasteiger partial charge in [-0.1, -0.05) is 24.3 Å². The number of methoxy groups -OCH3 is 2. The molecular formula is C27H25FN2O3S. The zero-order valence-corrected chi connectivity index (χ0v) is 19.7. The van der Waals surface area contributed by atoms with Gasteiger partial charge in [-0.05, 0) is 59.7 Å². The fourth-order valence-corrected chi connectivity index (χ4v) is 4.66. The van der Waals surface area contributed by atoms with Gasteiger partial charge in [-0.3, -0.25) is 4.79 Å². The molecule has 1 heterocycles. The van der Waals surface area contributed by atoms with Crippen LogP contribution >= 0.6 is 11.8 Å². The lowest BCUT2D eigenvalue weighted by Gasteiger charge is -2.08. The van der Waals surface area contributed by atoms with Crippen molar-refractivity contribution in [1.82, 2.24) is 10.3 Å². The van der Waals surface area contributed by atoms with E-state index >= 15 is 0 Å². The molecule has 0 aliphatic rings. The predicted molar refractivity (Wildman–Crippen MR) is 136 cm³/mol. The van der Waals surface area contributed by atoms with Gasteiger partial charge in [0.05, 0.1) is 19.9 Å². The Bertz CT molecular complexity index is 1320. The fraction of sp³-hybridized carbons (Fsp3) is 0.148. The summed E-state index contributed by atoms with van der Waals surface area (Å²) < 4.78 is 23.9. The van der Waals surface area contributed by atoms with Gasteiger partial charge in [0.1, 0.15) is 5.82 Å². The third-order valence-corrected chi connectivity index (χ3v) is 6.39. The lowest BCUT2D eigenvalue weighted by atomic mass is 10.1. The Hall–Kier alpha value is -3.71. The van der Waals surface area contributed by atoms with Gasteiger partial charge in [-0.25, -0.2) is 4.39 Å². The molecule has 3 aromatic carbocycles. The van der Waals surface area contributed by atoms with E-state index in [-0.39, 0.29) is 11.7 Å². The zero-order valence-electron chi connectivity index (χ0n) is 18.9. The molecule has 0 radical (unpaired) electrons. The van der Waals surface area contributed by atoms with Crippen LogP contribution in [0.15, 0.2) is 77.7 Å². The number of carbonyl (C=O) groups is 1. The first-order chi connectivity index (χ1) is 16.6. The van der Waals surface area contributed by atoms with Crippen molar-refractivity contribution in [2.24, 2.45) is 0 Å². The highest BCUT2D eigenvalue weighted by Gasteiger charge is 2.13. The predicted octanol–water partition coefficient (Wildman–Crippen LogP) is 5.91. The number of aromatic amines is 1. The molecule has 2 N–H and O–H groups in total. The molecule has 0 saturated carbocycles. The molecule has 0 unspecified atom stereocenters. The Balaban J connectivity index is 1.39. The summed E-state index contributed by atoms with van der Waals surface area (Å²) in [6, 6.07) is 20.0. The average Bonchev–Trinajstić information content (AvgIpc) is 3.24. The number of carbonyl (C=O) groups excluding carboxylic acids is 1. The molecule has 4 aromatic rings. The minimum absolute atomic E-state index is 0.173. The van der Waals surface area contributed by atoms with E-state index in [0.29, 0.717) is 23.8 Å². The molecule has 34 heavy (non-hydrogen) atoms. The van der Waals surface area contributed by atoms with Crippen molar-refractivity contribution in [2.45, 2.75) is 4.90 Å². The summed E-state index contributed by atoms with van der Waals surface area (Å²) >= 11 is 1.65. The largest absolute Gasteiger partial charge is 0.493 e. The van der Waals surface area contributed by atoms with Crippen molar-refractivity contribution >= 4 is 34.6 Å². The molecule has 0 aliphatic carbocycles. The van der Waals surface area contributed by atoms with Crippen molar-refractivity contribution in [1.29, 1.82) is 0 Å². The smallest absolute Gasteiger partial charge is 0.244 e. The summed E-state index contributed by atoms with van der Waals surface area (Å²) in [5.74, 6) is 1.49. The summed E-state index contributed by atoms with van der Waals surface area (Å²) in [6.07, 6.45) is 3.23. The molecule has 0 spiro atoms. The van der Waals surface area contributed by atoms with Crippen LogP contribution in [0.1, 0.15) is 5.56 Å². The number of amides is 1. The maximum absolute atomic E-state index is 13.4. The molecule has 0 atom stereocenters. The second-order valence-electron chi connectivity index (χ2n) is 7.47. The molecule has 1 amide bonds. The molecule has 0 fully saturated rings. The summed E-state index contributed by atoms with van der Waals surface area (Å²) in [5.41, 5.74) is 3.73. The van der Waals surface area contributed by atoms with Gasteiger partial charge < -0.3 is 19.8 Å². The van der Waals surface area contributed by atoms with Crippen LogP contribution < -0.4 is 14.8 Å². The summed E-state index contributed by atoms with van der Waals surface area (Å²) in [4.78, 5) is 16.8. The SMILES string of the molecule is COc1ccc(/C=C/C(=O)NCCSc2c(-c3ccc(F)cc3)[nH]c3ccccc23)cc1OC. The summed E-state index contributed by atoms with van der Waals surface area (Å²) in [5, 5.41) is 4.02. The van der Waals surface area contributed by atoms with Gasteiger partial charge in [0.2, 0.25) is 5.91 Å². The molecule has 0 aliphatic heterocycles. The maximum Gasteiger partial charge on any atom is 0.244 e. The van der Waals surface area contributed by atoms with Crippen molar-refractivity contribution in [3.63, 3.8) is 0 Å². The number of rotatable bonds is 9. The van der Waals surface area contributed by atoms with Gasteiger partial charge in [-0.15, -0.1) is 11.8 Å². The van der Waals surface area contributed by atoms with Crippen LogP contribution in [0.5, 0.6) is 11.5 Å². The van der Waals surface area contributed by atoms with E-state index in [4.69, 9.17) is 9.47 Å². The first-order valence-electron chi connectivity index (χ1n) is 10.8. The van der Waals surface area contributed by atoms with Gasteiger partial charge in [0, 0.05) is 34.2 Å². The number of benzene rings is 3. The Labute approximate surface area is 202 Å². The molecule has 4 rings (SSSR count). The molecule has 7 heteroatoms. The number of nitrogens with one attached hydrogen (secondary N) is 2. The van der Waals surface area contributed by atoms with E-state index < -0.39 is 0 Å². The van der Waals surface area contributed by atoms with E-state index in [2.05, 4.69) is 16.4 Å². The summed E-state index contributed by atoms with van der Waals surface area (Å²) in [7, 11) is 3.16. The number of fused-ring (bicyclic) bond motifs is 1. The van der Waals surface area contributed by atoms with Crippen LogP contribution in [0.4, 0.5) is 4.39 Å². The Kier molecular flexibility index (Phi) is 7.54. The highest BCUT2D eigenvalue weighted by molar-refractivity contribution is 7.99. The number of halogens is 1. The first-order valence-corrected chi connectivity index (χ1v) is 11.7. The van der Waals surface area contributed by atoms with Crippen LogP contribution in [0.2, 0.25) is 0 Å². The topological polar surface area (TPSA) is 63.3 Å². The van der Waals surface area contributed by atoms with E-state index in [1.165, 1.54) is 18.2 Å². The highest BCUT2D eigenvalue weighted by Crippen LogP contribution is 2.37. The number of H-pyrrole nitrogens is 1. The molecule has 0 bridgehead atoms. The van der Waals surface area contributed by atoms with Gasteiger partial charge in [0.15, 0.2) is 11.5 Å². The number of aromatic nitrogens is 1. The van der Waals surface area contributed by atoms with E-state index in [0.717, 1.165) is 32.6 Å². The standard InChI is InChI=1S/C27H25FN2O3S/c1-32-23-13-7-18(17-24(23)33-2)8-14-25(31)29-15-16-34-27-21-5-3-4-6-22(21)30-26(27)19-9-11-20(28)12-10-19/h3-14,17,30H,15-16H2,1-2H3,(H,29,31)/b14-8+. The van der Waals surface area contributed by atoms with Crippen LogP contribution in [-0.2, 0) is 4.79 Å². The van der Waals surface area contributed by atoms with Gasteiger partial charge >= 0.3 is 0 Å². The molecular weight excluding hydrogens is 451 g/mol. The molecule has 5 nitrogen and oxygen atoms in total. The minimum Gasteiger partial charge on any atom is -0.493 e. The zero-order chi connectivity index (χ0) is 23.9. The minimum atomic E-state index is -0.266. The summed E-state index contributed by atoms with van der Waals surface area (Å²) in [6.45, 7) is 0.502. The molecule has 0 saturated heterocycles. The third-order valence-electron chi connectivity index (χ3n) is 5.27.